The number of carbonyl (C=O) groups is 1. The number of benzene rings is 1. The van der Waals surface area contributed by atoms with E-state index in [0.717, 1.165) is 38.0 Å². The molecule has 2 fully saturated rings. The summed E-state index contributed by atoms with van der Waals surface area (Å²) in [7, 11) is 0. The first kappa shape index (κ1) is 18.6. The number of carboxylic acids is 1. The standard InChI is InChI=1S/C19H27N3O4/c23-19(24)15-5-7-16(8-6-15)20-17-9-4-14(12-18(17)22(25)26)13-21-10-2-1-3-11-21/h4,9,12,15-16,20H,1-3,5-8,10-11,13H2,(H,23,24)/t15-,16+. The molecule has 0 aromatic heterocycles. The number of carboxylic acid groups (broad SMARTS) is 1. The molecule has 1 saturated heterocycles. The average Bonchev–Trinajstić information content (AvgIpc) is 2.64. The van der Waals surface area contributed by atoms with E-state index in [1.807, 2.05) is 6.07 Å². The number of rotatable bonds is 6. The van der Waals surface area contributed by atoms with Crippen LogP contribution in [0.25, 0.3) is 0 Å². The maximum atomic E-state index is 11.5. The predicted octanol–water partition coefficient (Wildman–Crippen LogP) is 3.64. The fourth-order valence-corrected chi connectivity index (χ4v) is 4.03. The number of likely N-dealkylation sites (tertiary alicyclic amines) is 1. The van der Waals surface area contributed by atoms with Crippen molar-refractivity contribution < 1.29 is 14.8 Å². The van der Waals surface area contributed by atoms with Crippen LogP contribution in [0.4, 0.5) is 11.4 Å². The predicted molar refractivity (Wildman–Crippen MR) is 99.2 cm³/mol. The molecule has 7 nitrogen and oxygen atoms in total. The van der Waals surface area contributed by atoms with E-state index in [1.54, 1.807) is 12.1 Å². The molecule has 0 radical (unpaired) electrons. The average molecular weight is 361 g/mol. The smallest absolute Gasteiger partial charge is 0.306 e. The first-order valence-corrected chi connectivity index (χ1v) is 9.52. The monoisotopic (exact) mass is 361 g/mol. The van der Waals surface area contributed by atoms with Crippen molar-refractivity contribution in [1.82, 2.24) is 4.90 Å². The van der Waals surface area contributed by atoms with E-state index in [1.165, 1.54) is 19.3 Å². The van der Waals surface area contributed by atoms with Gasteiger partial charge in [-0.15, -0.1) is 0 Å². The number of nitro groups is 1. The second kappa shape index (κ2) is 8.49. The third-order valence-corrected chi connectivity index (χ3v) is 5.55. The van der Waals surface area contributed by atoms with Gasteiger partial charge in [0.25, 0.3) is 5.69 Å². The van der Waals surface area contributed by atoms with Crippen LogP contribution in [0.3, 0.4) is 0 Å². The van der Waals surface area contributed by atoms with Crippen molar-refractivity contribution in [2.45, 2.75) is 57.5 Å². The highest BCUT2D eigenvalue weighted by molar-refractivity contribution is 5.70. The Kier molecular flexibility index (Phi) is 6.08. The maximum absolute atomic E-state index is 11.5. The molecule has 1 saturated carbocycles. The molecular formula is C19H27N3O4. The summed E-state index contributed by atoms with van der Waals surface area (Å²) in [6.45, 7) is 2.87. The number of hydrogen-bond acceptors (Lipinski definition) is 5. The van der Waals surface area contributed by atoms with Gasteiger partial charge in [-0.2, -0.15) is 0 Å². The van der Waals surface area contributed by atoms with Crippen LogP contribution >= 0.6 is 0 Å². The van der Waals surface area contributed by atoms with Gasteiger partial charge in [0.15, 0.2) is 0 Å². The summed E-state index contributed by atoms with van der Waals surface area (Å²) in [5.41, 5.74) is 1.62. The van der Waals surface area contributed by atoms with E-state index in [0.29, 0.717) is 18.5 Å². The molecule has 0 atom stereocenters. The maximum Gasteiger partial charge on any atom is 0.306 e. The third-order valence-electron chi connectivity index (χ3n) is 5.55. The first-order chi connectivity index (χ1) is 12.5. The molecular weight excluding hydrogens is 334 g/mol. The first-order valence-electron chi connectivity index (χ1n) is 9.52. The zero-order chi connectivity index (χ0) is 18.5. The van der Waals surface area contributed by atoms with Gasteiger partial charge in [0.1, 0.15) is 5.69 Å². The van der Waals surface area contributed by atoms with E-state index < -0.39 is 5.97 Å². The fraction of sp³-hybridized carbons (Fsp3) is 0.632. The van der Waals surface area contributed by atoms with Crippen molar-refractivity contribution in [3.63, 3.8) is 0 Å². The molecule has 7 heteroatoms. The van der Waals surface area contributed by atoms with Crippen LogP contribution in [-0.4, -0.2) is 40.0 Å². The Morgan fingerprint density at radius 2 is 1.88 bits per heavy atom. The minimum atomic E-state index is -0.739. The minimum absolute atomic E-state index is 0.0947. The Labute approximate surface area is 153 Å². The van der Waals surface area contributed by atoms with Gasteiger partial charge in [0, 0.05) is 18.7 Å². The molecule has 1 heterocycles. The Bertz CT molecular complexity index is 650. The van der Waals surface area contributed by atoms with E-state index in [9.17, 15) is 14.9 Å². The fourth-order valence-electron chi connectivity index (χ4n) is 4.03. The highest BCUT2D eigenvalue weighted by atomic mass is 16.6. The van der Waals surface area contributed by atoms with Crippen LogP contribution in [0, 0.1) is 16.0 Å². The van der Waals surface area contributed by atoms with Crippen molar-refractivity contribution in [2.75, 3.05) is 18.4 Å². The second-order valence-electron chi connectivity index (χ2n) is 7.48. The summed E-state index contributed by atoms with van der Waals surface area (Å²) >= 11 is 0. The Morgan fingerprint density at radius 3 is 2.50 bits per heavy atom. The lowest BCUT2D eigenvalue weighted by molar-refractivity contribution is -0.384. The van der Waals surface area contributed by atoms with Crippen LogP contribution in [0.1, 0.15) is 50.5 Å². The van der Waals surface area contributed by atoms with E-state index in [-0.39, 0.29) is 22.6 Å². The van der Waals surface area contributed by atoms with Crippen molar-refractivity contribution in [3.05, 3.63) is 33.9 Å². The lowest BCUT2D eigenvalue weighted by Crippen LogP contribution is -2.30. The molecule has 2 aliphatic rings. The minimum Gasteiger partial charge on any atom is -0.481 e. The largest absolute Gasteiger partial charge is 0.481 e. The SMILES string of the molecule is O=C(O)[C@H]1CC[C@@H](Nc2ccc(CN3CCCCC3)cc2[N+](=O)[O-])CC1. The molecule has 0 spiro atoms. The summed E-state index contributed by atoms with van der Waals surface area (Å²) in [5.74, 6) is -1.02. The molecule has 1 aliphatic carbocycles. The molecule has 0 unspecified atom stereocenters. The lowest BCUT2D eigenvalue weighted by atomic mass is 9.86. The van der Waals surface area contributed by atoms with Crippen molar-refractivity contribution >= 4 is 17.3 Å². The van der Waals surface area contributed by atoms with E-state index >= 15 is 0 Å². The molecule has 0 bridgehead atoms. The van der Waals surface area contributed by atoms with Gasteiger partial charge in [-0.3, -0.25) is 19.8 Å². The van der Waals surface area contributed by atoms with Gasteiger partial charge in [0.2, 0.25) is 0 Å². The summed E-state index contributed by atoms with van der Waals surface area (Å²) in [5, 5.41) is 23.9. The van der Waals surface area contributed by atoms with Gasteiger partial charge < -0.3 is 10.4 Å². The zero-order valence-electron chi connectivity index (χ0n) is 15.0. The quantitative estimate of drug-likeness (QED) is 0.593. The summed E-state index contributed by atoms with van der Waals surface area (Å²) in [4.78, 5) is 24.6. The third kappa shape index (κ3) is 4.72. The van der Waals surface area contributed by atoms with Crippen molar-refractivity contribution in [2.24, 2.45) is 5.92 Å². The van der Waals surface area contributed by atoms with Gasteiger partial charge >= 0.3 is 5.97 Å². The molecule has 26 heavy (non-hydrogen) atoms. The van der Waals surface area contributed by atoms with Gasteiger partial charge in [-0.05, 0) is 63.2 Å². The molecule has 1 aromatic rings. The Hall–Kier alpha value is -2.15. The van der Waals surface area contributed by atoms with Gasteiger partial charge in [-0.1, -0.05) is 12.5 Å². The van der Waals surface area contributed by atoms with Crippen LogP contribution in [0.5, 0.6) is 0 Å². The molecule has 2 N–H and O–H groups in total. The van der Waals surface area contributed by atoms with E-state index in [4.69, 9.17) is 5.11 Å². The summed E-state index contributed by atoms with van der Waals surface area (Å²) < 4.78 is 0. The lowest BCUT2D eigenvalue weighted by Gasteiger charge is -2.28. The Balaban J connectivity index is 1.65. The molecule has 3 rings (SSSR count). The van der Waals surface area contributed by atoms with E-state index in [2.05, 4.69) is 10.2 Å². The molecule has 1 aromatic carbocycles. The van der Waals surface area contributed by atoms with Gasteiger partial charge in [-0.25, -0.2) is 0 Å². The topological polar surface area (TPSA) is 95.7 Å². The van der Waals surface area contributed by atoms with Crippen LogP contribution < -0.4 is 5.32 Å². The number of nitro benzene ring substituents is 1. The Morgan fingerprint density at radius 1 is 1.19 bits per heavy atom. The number of nitrogens with one attached hydrogen (secondary N) is 1. The van der Waals surface area contributed by atoms with Gasteiger partial charge in [0.05, 0.1) is 10.8 Å². The van der Waals surface area contributed by atoms with Crippen LogP contribution in [-0.2, 0) is 11.3 Å². The molecule has 0 amide bonds. The molecule has 142 valence electrons. The summed E-state index contributed by atoms with van der Waals surface area (Å²) in [6, 6.07) is 5.55. The summed E-state index contributed by atoms with van der Waals surface area (Å²) in [6.07, 6.45) is 6.35. The number of piperidine rings is 1. The molecule has 1 aliphatic heterocycles. The number of anilines is 1. The highest BCUT2D eigenvalue weighted by Crippen LogP contribution is 2.31. The number of hydrogen-bond donors (Lipinski definition) is 2. The second-order valence-corrected chi connectivity index (χ2v) is 7.48. The van der Waals surface area contributed by atoms with Crippen molar-refractivity contribution in [1.29, 1.82) is 0 Å². The van der Waals surface area contributed by atoms with Crippen LogP contribution in [0.2, 0.25) is 0 Å². The highest BCUT2D eigenvalue weighted by Gasteiger charge is 2.27. The normalized spacial score (nSPS) is 24.2. The number of aliphatic carboxylic acids is 1. The number of nitrogens with zero attached hydrogens (tertiary/aromatic N) is 2. The van der Waals surface area contributed by atoms with Crippen LogP contribution in [0.15, 0.2) is 18.2 Å². The zero-order valence-corrected chi connectivity index (χ0v) is 15.0. The van der Waals surface area contributed by atoms with Crippen molar-refractivity contribution in [3.8, 4) is 0 Å².